The van der Waals surface area contributed by atoms with Crippen molar-refractivity contribution in [2.24, 2.45) is 0 Å². The van der Waals surface area contributed by atoms with Gasteiger partial charge in [-0.05, 0) is 36.8 Å². The number of carbonyl (C=O) groups excluding carboxylic acids is 1. The van der Waals surface area contributed by atoms with E-state index in [1.807, 2.05) is 0 Å². The van der Waals surface area contributed by atoms with Crippen LogP contribution >= 0.6 is 11.6 Å². The Kier molecular flexibility index (Phi) is 5.95. The van der Waals surface area contributed by atoms with Crippen LogP contribution in [0.5, 0.6) is 5.75 Å². The highest BCUT2D eigenvalue weighted by atomic mass is 35.5. The third kappa shape index (κ3) is 5.13. The molecule has 2 rings (SSSR count). The number of rotatable bonds is 5. The number of halogens is 4. The molecule has 0 fully saturated rings. The first-order valence-corrected chi connectivity index (χ1v) is 7.88. The van der Waals surface area contributed by atoms with Crippen LogP contribution < -0.4 is 4.74 Å². The van der Waals surface area contributed by atoms with Crippen LogP contribution in [0.15, 0.2) is 48.5 Å². The summed E-state index contributed by atoms with van der Waals surface area (Å²) in [6.45, 7) is 1.77. The number of hydrogen-bond donors (Lipinski definition) is 0. The molecule has 1 atom stereocenters. The lowest BCUT2D eigenvalue weighted by Crippen LogP contribution is -2.37. The fourth-order valence-corrected chi connectivity index (χ4v) is 2.42. The highest BCUT2D eigenvalue weighted by Gasteiger charge is 2.30. The molecule has 0 N–H and O–H groups in total. The predicted molar refractivity (Wildman–Crippen MR) is 89.5 cm³/mol. The summed E-state index contributed by atoms with van der Waals surface area (Å²) in [5.41, 5.74) is -0.130. The summed E-state index contributed by atoms with van der Waals surface area (Å²) in [7, 11) is 1.56. The van der Waals surface area contributed by atoms with E-state index >= 15 is 0 Å². The molecule has 2 aromatic carbocycles. The van der Waals surface area contributed by atoms with Gasteiger partial charge in [0.05, 0.1) is 10.6 Å². The van der Waals surface area contributed by atoms with E-state index in [0.29, 0.717) is 16.3 Å². The van der Waals surface area contributed by atoms with Gasteiger partial charge in [-0.2, -0.15) is 13.2 Å². The van der Waals surface area contributed by atoms with Gasteiger partial charge in [-0.25, -0.2) is 0 Å². The zero-order chi connectivity index (χ0) is 18.6. The van der Waals surface area contributed by atoms with Crippen molar-refractivity contribution >= 4 is 17.5 Å². The third-order valence-electron chi connectivity index (χ3n) is 3.57. The minimum atomic E-state index is -4.38. The Morgan fingerprint density at radius 3 is 2.32 bits per heavy atom. The third-order valence-corrected chi connectivity index (χ3v) is 3.88. The minimum Gasteiger partial charge on any atom is -0.479 e. The lowest BCUT2D eigenvalue weighted by Gasteiger charge is -2.22. The van der Waals surface area contributed by atoms with Crippen molar-refractivity contribution in [2.75, 3.05) is 7.05 Å². The van der Waals surface area contributed by atoms with E-state index < -0.39 is 17.8 Å². The molecule has 0 bridgehead atoms. The van der Waals surface area contributed by atoms with Crippen LogP contribution in [-0.4, -0.2) is 24.0 Å². The van der Waals surface area contributed by atoms with Crippen molar-refractivity contribution in [3.63, 3.8) is 0 Å². The maximum absolute atomic E-state index is 12.6. The van der Waals surface area contributed by atoms with Crippen molar-refractivity contribution in [3.8, 4) is 5.75 Å². The van der Waals surface area contributed by atoms with Crippen LogP contribution in [0.2, 0.25) is 5.02 Å². The van der Waals surface area contributed by atoms with E-state index in [0.717, 1.165) is 12.1 Å². The molecule has 7 heteroatoms. The Morgan fingerprint density at radius 2 is 1.76 bits per heavy atom. The van der Waals surface area contributed by atoms with Gasteiger partial charge < -0.3 is 9.64 Å². The van der Waals surface area contributed by atoms with Crippen LogP contribution in [0.1, 0.15) is 18.1 Å². The smallest absolute Gasteiger partial charge is 0.416 e. The van der Waals surface area contributed by atoms with Gasteiger partial charge in [0.15, 0.2) is 6.10 Å². The summed E-state index contributed by atoms with van der Waals surface area (Å²) in [4.78, 5) is 13.8. The van der Waals surface area contributed by atoms with Crippen LogP contribution in [0.4, 0.5) is 13.2 Å². The molecule has 0 saturated heterocycles. The zero-order valence-corrected chi connectivity index (χ0v) is 14.4. The number of benzene rings is 2. The van der Waals surface area contributed by atoms with Crippen LogP contribution in [0.3, 0.4) is 0 Å². The molecule has 0 spiro atoms. The first kappa shape index (κ1) is 19.1. The molecule has 25 heavy (non-hydrogen) atoms. The van der Waals surface area contributed by atoms with E-state index in [1.165, 1.54) is 17.0 Å². The molecule has 0 saturated carbocycles. The summed E-state index contributed by atoms with van der Waals surface area (Å²) in [5, 5.41) is 0.396. The van der Waals surface area contributed by atoms with Crippen molar-refractivity contribution < 1.29 is 22.7 Å². The van der Waals surface area contributed by atoms with Crippen molar-refractivity contribution in [1.82, 2.24) is 4.90 Å². The molecule has 3 nitrogen and oxygen atoms in total. The van der Waals surface area contributed by atoms with Gasteiger partial charge >= 0.3 is 6.18 Å². The first-order valence-electron chi connectivity index (χ1n) is 7.51. The van der Waals surface area contributed by atoms with Gasteiger partial charge in [-0.1, -0.05) is 35.9 Å². The molecule has 1 amide bonds. The lowest BCUT2D eigenvalue weighted by molar-refractivity contribution is -0.138. The standard InChI is InChI=1S/C18H17ClF3NO2/c1-12(25-16-6-4-3-5-15(16)19)17(24)23(2)11-13-7-9-14(10-8-13)18(20,21)22/h3-10,12H,11H2,1-2H3. The SMILES string of the molecule is CC(Oc1ccccc1Cl)C(=O)N(C)Cc1ccc(C(F)(F)F)cc1. The zero-order valence-electron chi connectivity index (χ0n) is 13.7. The number of para-hydroxylation sites is 1. The Balaban J connectivity index is 1.98. The van der Waals surface area contributed by atoms with Crippen LogP contribution in [-0.2, 0) is 17.5 Å². The monoisotopic (exact) mass is 371 g/mol. The summed E-state index contributed by atoms with van der Waals surface area (Å²) in [6.07, 6.45) is -5.16. The molecule has 0 radical (unpaired) electrons. The maximum Gasteiger partial charge on any atom is 0.416 e. The van der Waals surface area contributed by atoms with Crippen LogP contribution in [0.25, 0.3) is 0 Å². The Hall–Kier alpha value is -2.21. The Morgan fingerprint density at radius 1 is 1.16 bits per heavy atom. The highest BCUT2D eigenvalue weighted by Crippen LogP contribution is 2.29. The molecule has 0 heterocycles. The first-order chi connectivity index (χ1) is 11.7. The number of carbonyl (C=O) groups is 1. The summed E-state index contributed by atoms with van der Waals surface area (Å²) < 4.78 is 43.2. The van der Waals surface area contributed by atoms with E-state index in [9.17, 15) is 18.0 Å². The van der Waals surface area contributed by atoms with E-state index in [2.05, 4.69) is 0 Å². The van der Waals surface area contributed by atoms with Gasteiger partial charge in [0.1, 0.15) is 5.75 Å². The Bertz CT molecular complexity index is 732. The quantitative estimate of drug-likeness (QED) is 0.756. The normalized spacial score (nSPS) is 12.6. The van der Waals surface area contributed by atoms with Gasteiger partial charge in [-0.15, -0.1) is 0 Å². The van der Waals surface area contributed by atoms with E-state index in [1.54, 1.807) is 38.2 Å². The summed E-state index contributed by atoms with van der Waals surface area (Å²) in [6, 6.07) is 11.5. The number of alkyl halides is 3. The second-order valence-electron chi connectivity index (χ2n) is 5.58. The van der Waals surface area contributed by atoms with Crippen LogP contribution in [0, 0.1) is 0 Å². The van der Waals surface area contributed by atoms with Gasteiger partial charge in [0.2, 0.25) is 0 Å². The lowest BCUT2D eigenvalue weighted by atomic mass is 10.1. The second-order valence-corrected chi connectivity index (χ2v) is 5.99. The highest BCUT2D eigenvalue weighted by molar-refractivity contribution is 6.32. The topological polar surface area (TPSA) is 29.5 Å². The molecule has 2 aromatic rings. The molecular formula is C18H17ClF3NO2. The van der Waals surface area contributed by atoms with Gasteiger partial charge in [0.25, 0.3) is 5.91 Å². The number of nitrogens with zero attached hydrogens (tertiary/aromatic N) is 1. The van der Waals surface area contributed by atoms with E-state index in [4.69, 9.17) is 16.3 Å². The molecular weight excluding hydrogens is 355 g/mol. The largest absolute Gasteiger partial charge is 0.479 e. The maximum atomic E-state index is 12.6. The number of likely N-dealkylation sites (N-methyl/N-ethyl adjacent to an activating group) is 1. The van der Waals surface area contributed by atoms with Crippen molar-refractivity contribution in [1.29, 1.82) is 0 Å². The fraction of sp³-hybridized carbons (Fsp3) is 0.278. The molecule has 1 unspecified atom stereocenters. The number of amides is 1. The molecule has 0 aliphatic rings. The average molecular weight is 372 g/mol. The second kappa shape index (κ2) is 7.78. The Labute approximate surface area is 149 Å². The summed E-state index contributed by atoms with van der Waals surface area (Å²) in [5.74, 6) is 0.0905. The van der Waals surface area contributed by atoms with E-state index in [-0.39, 0.29) is 12.5 Å². The molecule has 0 aliphatic carbocycles. The molecule has 0 aliphatic heterocycles. The number of hydrogen-bond acceptors (Lipinski definition) is 2. The minimum absolute atomic E-state index is 0.174. The fourth-order valence-electron chi connectivity index (χ4n) is 2.24. The number of ether oxygens (including phenoxy) is 1. The predicted octanol–water partition coefficient (Wildman–Crippen LogP) is 4.78. The molecule has 134 valence electrons. The molecule has 0 aromatic heterocycles. The van der Waals surface area contributed by atoms with Gasteiger partial charge in [-0.3, -0.25) is 4.79 Å². The van der Waals surface area contributed by atoms with Gasteiger partial charge in [0, 0.05) is 13.6 Å². The average Bonchev–Trinajstić information content (AvgIpc) is 2.55. The van der Waals surface area contributed by atoms with Crippen molar-refractivity contribution in [3.05, 3.63) is 64.7 Å². The summed E-state index contributed by atoms with van der Waals surface area (Å²) >= 11 is 5.99. The van der Waals surface area contributed by atoms with Crippen molar-refractivity contribution in [2.45, 2.75) is 25.7 Å².